The number of likely N-dealkylation sites (tertiary alicyclic amines) is 1. The minimum Gasteiger partial charge on any atom is -0.497 e. The van der Waals surface area contributed by atoms with Crippen LogP contribution in [0.25, 0.3) is 0 Å². The van der Waals surface area contributed by atoms with Crippen molar-refractivity contribution in [1.29, 1.82) is 0 Å². The first-order valence-corrected chi connectivity index (χ1v) is 8.25. The van der Waals surface area contributed by atoms with Crippen molar-refractivity contribution in [2.45, 2.75) is 25.8 Å². The van der Waals surface area contributed by atoms with Gasteiger partial charge in [0.15, 0.2) is 0 Å². The third-order valence-electron chi connectivity index (χ3n) is 4.48. The lowest BCUT2D eigenvalue weighted by Gasteiger charge is -2.24. The zero-order valence-electron chi connectivity index (χ0n) is 14.5. The van der Waals surface area contributed by atoms with Crippen LogP contribution in [0.15, 0.2) is 30.5 Å². The number of ether oxygens (including phenoxy) is 1. The predicted molar refractivity (Wildman–Crippen MR) is 93.1 cm³/mol. The molecule has 1 aliphatic rings. The van der Waals surface area contributed by atoms with Gasteiger partial charge in [-0.1, -0.05) is 12.1 Å². The van der Waals surface area contributed by atoms with Gasteiger partial charge in [0.2, 0.25) is 5.91 Å². The van der Waals surface area contributed by atoms with E-state index in [2.05, 4.69) is 27.4 Å². The molecule has 1 N–H and O–H groups in total. The number of benzene rings is 1. The first kappa shape index (κ1) is 16.5. The summed E-state index contributed by atoms with van der Waals surface area (Å²) in [6, 6.07) is 8.38. The molecule has 2 aromatic rings. The van der Waals surface area contributed by atoms with E-state index in [-0.39, 0.29) is 11.9 Å². The number of nitrogens with zero attached hydrogens (tertiary/aromatic N) is 3. The summed E-state index contributed by atoms with van der Waals surface area (Å²) in [5.74, 6) is 0.857. The first-order valence-electron chi connectivity index (χ1n) is 8.25. The fourth-order valence-corrected chi connectivity index (χ4v) is 3.34. The summed E-state index contributed by atoms with van der Waals surface area (Å²) in [5.41, 5.74) is 2.81. The number of aromatic nitrogens is 2. The highest BCUT2D eigenvalue weighted by Crippen LogP contribution is 2.33. The van der Waals surface area contributed by atoms with Gasteiger partial charge in [-0.05, 0) is 44.0 Å². The number of aryl methyl sites for hydroxylation is 2. The lowest BCUT2D eigenvalue weighted by atomic mass is 10.0. The average Bonchev–Trinajstić information content (AvgIpc) is 3.14. The van der Waals surface area contributed by atoms with E-state index < -0.39 is 0 Å². The van der Waals surface area contributed by atoms with Gasteiger partial charge in [0, 0.05) is 19.3 Å². The molecule has 2 heterocycles. The van der Waals surface area contributed by atoms with E-state index in [9.17, 15) is 4.79 Å². The summed E-state index contributed by atoms with van der Waals surface area (Å²) in [6.07, 6.45) is 3.99. The molecule has 0 saturated carbocycles. The van der Waals surface area contributed by atoms with Crippen LogP contribution >= 0.6 is 0 Å². The summed E-state index contributed by atoms with van der Waals surface area (Å²) in [4.78, 5) is 14.6. The highest BCUT2D eigenvalue weighted by molar-refractivity contribution is 5.92. The largest absolute Gasteiger partial charge is 0.497 e. The van der Waals surface area contributed by atoms with Gasteiger partial charge in [0.1, 0.15) is 5.75 Å². The molecule has 1 aliphatic heterocycles. The molecule has 0 spiro atoms. The van der Waals surface area contributed by atoms with Gasteiger partial charge in [-0.15, -0.1) is 0 Å². The Morgan fingerprint density at radius 2 is 2.29 bits per heavy atom. The van der Waals surface area contributed by atoms with Gasteiger partial charge in [0.05, 0.1) is 25.0 Å². The van der Waals surface area contributed by atoms with E-state index in [4.69, 9.17) is 4.74 Å². The van der Waals surface area contributed by atoms with Gasteiger partial charge in [0.25, 0.3) is 0 Å². The van der Waals surface area contributed by atoms with Crippen molar-refractivity contribution in [2.75, 3.05) is 25.5 Å². The number of amides is 1. The van der Waals surface area contributed by atoms with E-state index in [1.165, 1.54) is 5.56 Å². The summed E-state index contributed by atoms with van der Waals surface area (Å²) in [6.45, 7) is 3.21. The SMILES string of the molecule is COc1cccc(C2CCCN2CC(=O)Nc2cn(C)nc2C)c1. The van der Waals surface area contributed by atoms with Crippen LogP contribution in [-0.2, 0) is 11.8 Å². The second-order valence-corrected chi connectivity index (χ2v) is 6.26. The van der Waals surface area contributed by atoms with Crippen molar-refractivity contribution in [2.24, 2.45) is 7.05 Å². The first-order chi connectivity index (χ1) is 11.6. The maximum absolute atomic E-state index is 12.4. The predicted octanol–water partition coefficient (Wildman–Crippen LogP) is 2.51. The summed E-state index contributed by atoms with van der Waals surface area (Å²) < 4.78 is 7.03. The van der Waals surface area contributed by atoms with Crippen LogP contribution in [0.5, 0.6) is 5.75 Å². The molecular weight excluding hydrogens is 304 g/mol. The minimum atomic E-state index is 0.000830. The van der Waals surface area contributed by atoms with Crippen molar-refractivity contribution in [3.63, 3.8) is 0 Å². The lowest BCUT2D eigenvalue weighted by Crippen LogP contribution is -2.33. The van der Waals surface area contributed by atoms with Gasteiger partial charge in [-0.3, -0.25) is 14.4 Å². The number of methoxy groups -OCH3 is 1. The zero-order chi connectivity index (χ0) is 17.1. The molecule has 128 valence electrons. The van der Waals surface area contributed by atoms with Crippen LogP contribution < -0.4 is 10.1 Å². The molecular formula is C18H24N4O2. The van der Waals surface area contributed by atoms with E-state index >= 15 is 0 Å². The number of nitrogens with one attached hydrogen (secondary N) is 1. The number of hydrogen-bond donors (Lipinski definition) is 1. The molecule has 1 atom stereocenters. The second kappa shape index (κ2) is 7.05. The maximum Gasteiger partial charge on any atom is 0.238 e. The number of rotatable bonds is 5. The van der Waals surface area contributed by atoms with E-state index in [1.807, 2.05) is 32.3 Å². The molecule has 0 aliphatic carbocycles. The van der Waals surface area contributed by atoms with Crippen molar-refractivity contribution < 1.29 is 9.53 Å². The molecule has 0 bridgehead atoms. The maximum atomic E-state index is 12.4. The molecule has 6 heteroatoms. The summed E-state index contributed by atoms with van der Waals surface area (Å²) in [5, 5.41) is 7.22. The molecule has 1 saturated heterocycles. The van der Waals surface area contributed by atoms with E-state index in [0.29, 0.717) is 6.54 Å². The van der Waals surface area contributed by atoms with Crippen LogP contribution in [0.2, 0.25) is 0 Å². The Labute approximate surface area is 142 Å². The number of hydrogen-bond acceptors (Lipinski definition) is 4. The number of carbonyl (C=O) groups is 1. The molecule has 1 unspecified atom stereocenters. The Hall–Kier alpha value is -2.34. The van der Waals surface area contributed by atoms with Crippen LogP contribution in [0.1, 0.15) is 30.1 Å². The third kappa shape index (κ3) is 3.59. The standard InChI is InChI=1S/C18H24N4O2/c1-13-16(11-21(2)20-13)19-18(23)12-22-9-5-8-17(22)14-6-4-7-15(10-14)24-3/h4,6-7,10-11,17H,5,8-9,12H2,1-3H3,(H,19,23). The number of anilines is 1. The molecule has 1 fully saturated rings. The molecule has 24 heavy (non-hydrogen) atoms. The molecule has 6 nitrogen and oxygen atoms in total. The summed E-state index contributed by atoms with van der Waals surface area (Å²) in [7, 11) is 3.52. The van der Waals surface area contributed by atoms with Crippen LogP contribution in [0, 0.1) is 6.92 Å². The monoisotopic (exact) mass is 328 g/mol. The Bertz CT molecular complexity index is 726. The van der Waals surface area contributed by atoms with Crippen LogP contribution in [0.3, 0.4) is 0 Å². The zero-order valence-corrected chi connectivity index (χ0v) is 14.5. The van der Waals surface area contributed by atoms with Crippen molar-refractivity contribution in [1.82, 2.24) is 14.7 Å². The smallest absolute Gasteiger partial charge is 0.238 e. The normalized spacial score (nSPS) is 17.9. The van der Waals surface area contributed by atoms with Crippen molar-refractivity contribution in [3.8, 4) is 5.75 Å². The van der Waals surface area contributed by atoms with Crippen LogP contribution in [0.4, 0.5) is 5.69 Å². The molecule has 1 amide bonds. The lowest BCUT2D eigenvalue weighted by molar-refractivity contribution is -0.117. The topological polar surface area (TPSA) is 59.4 Å². The van der Waals surface area contributed by atoms with Gasteiger partial charge >= 0.3 is 0 Å². The van der Waals surface area contributed by atoms with E-state index in [1.54, 1.807) is 11.8 Å². The third-order valence-corrected chi connectivity index (χ3v) is 4.48. The molecule has 3 rings (SSSR count). The average molecular weight is 328 g/mol. The summed E-state index contributed by atoms with van der Waals surface area (Å²) >= 11 is 0. The van der Waals surface area contributed by atoms with Crippen LogP contribution in [-0.4, -0.2) is 40.8 Å². The van der Waals surface area contributed by atoms with Crippen molar-refractivity contribution in [3.05, 3.63) is 41.7 Å². The quantitative estimate of drug-likeness (QED) is 0.916. The Balaban J connectivity index is 1.67. The molecule has 1 aromatic heterocycles. The highest BCUT2D eigenvalue weighted by atomic mass is 16.5. The number of carbonyl (C=O) groups excluding carboxylic acids is 1. The van der Waals surface area contributed by atoms with Gasteiger partial charge in [-0.25, -0.2) is 0 Å². The Morgan fingerprint density at radius 3 is 3.00 bits per heavy atom. The Kier molecular flexibility index (Phi) is 4.85. The molecule has 1 aromatic carbocycles. The Morgan fingerprint density at radius 1 is 1.46 bits per heavy atom. The fourth-order valence-electron chi connectivity index (χ4n) is 3.34. The second-order valence-electron chi connectivity index (χ2n) is 6.26. The van der Waals surface area contributed by atoms with E-state index in [0.717, 1.165) is 36.5 Å². The fraction of sp³-hybridized carbons (Fsp3) is 0.444. The highest BCUT2D eigenvalue weighted by Gasteiger charge is 2.28. The molecule has 0 radical (unpaired) electrons. The van der Waals surface area contributed by atoms with Crippen molar-refractivity contribution >= 4 is 11.6 Å². The minimum absolute atomic E-state index is 0.000830. The van der Waals surface area contributed by atoms with Gasteiger partial charge < -0.3 is 10.1 Å². The van der Waals surface area contributed by atoms with Gasteiger partial charge in [-0.2, -0.15) is 5.10 Å².